The number of unbranched alkanes of at least 4 members (excludes halogenated alkanes) is 2. The molecule has 0 aliphatic heterocycles. The summed E-state index contributed by atoms with van der Waals surface area (Å²) in [5.74, 6) is -0.214. The minimum absolute atomic E-state index is 0. The zero-order valence-electron chi connectivity index (χ0n) is 9.38. The van der Waals surface area contributed by atoms with Gasteiger partial charge in [-0.05, 0) is 18.6 Å². The SMILES string of the molecule is CCCCC[C@@H](N)c1ccc(Br)cc1F.Cl. The highest BCUT2D eigenvalue weighted by Gasteiger charge is 2.10. The van der Waals surface area contributed by atoms with E-state index in [9.17, 15) is 4.39 Å². The maximum Gasteiger partial charge on any atom is 0.129 e. The molecule has 0 bridgehead atoms. The predicted molar refractivity (Wildman–Crippen MR) is 72.4 cm³/mol. The molecule has 0 saturated heterocycles. The molecule has 2 N–H and O–H groups in total. The molecular weight excluding hydrogens is 292 g/mol. The van der Waals surface area contributed by atoms with Gasteiger partial charge in [0, 0.05) is 16.1 Å². The smallest absolute Gasteiger partial charge is 0.129 e. The van der Waals surface area contributed by atoms with Crippen LogP contribution in [-0.4, -0.2) is 0 Å². The highest BCUT2D eigenvalue weighted by Crippen LogP contribution is 2.23. The van der Waals surface area contributed by atoms with E-state index in [2.05, 4.69) is 22.9 Å². The van der Waals surface area contributed by atoms with Crippen LogP contribution in [0.3, 0.4) is 0 Å². The molecule has 1 aromatic carbocycles. The van der Waals surface area contributed by atoms with Gasteiger partial charge in [0.05, 0.1) is 0 Å². The number of halogens is 3. The Bertz CT molecular complexity index is 320. The van der Waals surface area contributed by atoms with Crippen molar-refractivity contribution in [3.8, 4) is 0 Å². The van der Waals surface area contributed by atoms with Gasteiger partial charge in [-0.2, -0.15) is 0 Å². The van der Waals surface area contributed by atoms with E-state index in [1.54, 1.807) is 6.07 Å². The summed E-state index contributed by atoms with van der Waals surface area (Å²) in [6, 6.07) is 4.88. The van der Waals surface area contributed by atoms with Crippen LogP contribution in [0.25, 0.3) is 0 Å². The van der Waals surface area contributed by atoms with E-state index in [0.29, 0.717) is 5.56 Å². The molecule has 0 heterocycles. The van der Waals surface area contributed by atoms with Gasteiger partial charge in [-0.25, -0.2) is 4.39 Å². The third kappa shape index (κ3) is 4.81. The van der Waals surface area contributed by atoms with Crippen LogP contribution < -0.4 is 5.73 Å². The molecule has 0 aromatic heterocycles. The second kappa shape index (κ2) is 8.04. The van der Waals surface area contributed by atoms with Gasteiger partial charge in [0.1, 0.15) is 5.82 Å². The summed E-state index contributed by atoms with van der Waals surface area (Å²) >= 11 is 3.23. The van der Waals surface area contributed by atoms with Crippen LogP contribution >= 0.6 is 28.3 Å². The second-order valence-corrected chi connectivity index (χ2v) is 4.68. The Kier molecular flexibility index (Phi) is 7.98. The Hall–Kier alpha value is -0.120. The summed E-state index contributed by atoms with van der Waals surface area (Å²) < 4.78 is 14.3. The lowest BCUT2D eigenvalue weighted by Crippen LogP contribution is -2.11. The van der Waals surface area contributed by atoms with Crippen LogP contribution in [0.2, 0.25) is 0 Å². The summed E-state index contributed by atoms with van der Waals surface area (Å²) in [4.78, 5) is 0. The molecule has 0 fully saturated rings. The van der Waals surface area contributed by atoms with E-state index >= 15 is 0 Å². The standard InChI is InChI=1S/C12H17BrFN.ClH/c1-2-3-4-5-12(15)10-7-6-9(13)8-11(10)14;/h6-8,12H,2-5,15H2,1H3;1H/t12-;/m1./s1. The molecule has 0 aliphatic rings. The number of hydrogen-bond acceptors (Lipinski definition) is 1. The quantitative estimate of drug-likeness (QED) is 0.791. The normalized spacial score (nSPS) is 12.0. The molecule has 1 atom stereocenters. The third-order valence-electron chi connectivity index (χ3n) is 2.48. The molecule has 1 aromatic rings. The summed E-state index contributed by atoms with van der Waals surface area (Å²) in [5.41, 5.74) is 6.55. The molecule has 1 nitrogen and oxygen atoms in total. The van der Waals surface area contributed by atoms with Gasteiger partial charge in [-0.3, -0.25) is 0 Å². The Morgan fingerprint density at radius 2 is 2.06 bits per heavy atom. The molecule has 0 unspecified atom stereocenters. The average molecular weight is 311 g/mol. The highest BCUT2D eigenvalue weighted by molar-refractivity contribution is 9.10. The van der Waals surface area contributed by atoms with Gasteiger partial charge in [-0.15, -0.1) is 12.4 Å². The lowest BCUT2D eigenvalue weighted by molar-refractivity contribution is 0.538. The van der Waals surface area contributed by atoms with Gasteiger partial charge < -0.3 is 5.73 Å². The van der Waals surface area contributed by atoms with Gasteiger partial charge in [0.25, 0.3) is 0 Å². The Morgan fingerprint density at radius 1 is 1.38 bits per heavy atom. The third-order valence-corrected chi connectivity index (χ3v) is 2.97. The van der Waals surface area contributed by atoms with Crippen molar-refractivity contribution in [3.05, 3.63) is 34.1 Å². The first-order chi connectivity index (χ1) is 7.15. The first-order valence-corrected chi connectivity index (χ1v) is 6.15. The lowest BCUT2D eigenvalue weighted by atomic mass is 10.0. The van der Waals surface area contributed by atoms with E-state index in [1.165, 1.54) is 6.07 Å². The maximum absolute atomic E-state index is 13.5. The second-order valence-electron chi connectivity index (χ2n) is 3.77. The topological polar surface area (TPSA) is 26.0 Å². The van der Waals surface area contributed by atoms with E-state index < -0.39 is 0 Å². The number of rotatable bonds is 5. The van der Waals surface area contributed by atoms with Crippen LogP contribution in [0.15, 0.2) is 22.7 Å². The molecule has 0 amide bonds. The van der Waals surface area contributed by atoms with E-state index in [-0.39, 0.29) is 24.3 Å². The van der Waals surface area contributed by atoms with Crippen molar-refractivity contribution in [2.75, 3.05) is 0 Å². The average Bonchev–Trinajstić information content (AvgIpc) is 2.17. The van der Waals surface area contributed by atoms with Gasteiger partial charge in [0.2, 0.25) is 0 Å². The molecule has 0 saturated carbocycles. The van der Waals surface area contributed by atoms with Gasteiger partial charge in [-0.1, -0.05) is 48.2 Å². The zero-order valence-corrected chi connectivity index (χ0v) is 11.8. The number of nitrogens with two attached hydrogens (primary N) is 1. The molecule has 0 radical (unpaired) electrons. The molecular formula is C12H18BrClFN. The largest absolute Gasteiger partial charge is 0.324 e. The van der Waals surface area contributed by atoms with Crippen LogP contribution in [0, 0.1) is 5.82 Å². The summed E-state index contributed by atoms with van der Waals surface area (Å²) in [6.07, 6.45) is 4.24. The van der Waals surface area contributed by atoms with E-state index in [1.807, 2.05) is 6.07 Å². The maximum atomic E-state index is 13.5. The molecule has 92 valence electrons. The molecule has 0 spiro atoms. The van der Waals surface area contributed by atoms with Crippen molar-refractivity contribution in [2.45, 2.75) is 38.6 Å². The molecule has 1 rings (SSSR count). The molecule has 0 aliphatic carbocycles. The monoisotopic (exact) mass is 309 g/mol. The van der Waals surface area contributed by atoms with Crippen molar-refractivity contribution < 1.29 is 4.39 Å². The molecule has 16 heavy (non-hydrogen) atoms. The first kappa shape index (κ1) is 15.9. The summed E-state index contributed by atoms with van der Waals surface area (Å²) in [7, 11) is 0. The minimum atomic E-state index is -0.214. The fourth-order valence-electron chi connectivity index (χ4n) is 1.57. The highest BCUT2D eigenvalue weighted by atomic mass is 79.9. The fraction of sp³-hybridized carbons (Fsp3) is 0.500. The van der Waals surface area contributed by atoms with Crippen LogP contribution in [0.1, 0.15) is 44.2 Å². The zero-order chi connectivity index (χ0) is 11.3. The van der Waals surface area contributed by atoms with Crippen LogP contribution in [-0.2, 0) is 0 Å². The Labute approximate surface area is 111 Å². The van der Waals surface area contributed by atoms with E-state index in [0.717, 1.165) is 30.2 Å². The van der Waals surface area contributed by atoms with E-state index in [4.69, 9.17) is 5.73 Å². The predicted octanol–water partition coefficient (Wildman–Crippen LogP) is 4.59. The van der Waals surface area contributed by atoms with Crippen molar-refractivity contribution in [1.82, 2.24) is 0 Å². The fourth-order valence-corrected chi connectivity index (χ4v) is 1.91. The minimum Gasteiger partial charge on any atom is -0.324 e. The van der Waals surface area contributed by atoms with Gasteiger partial charge >= 0.3 is 0 Å². The van der Waals surface area contributed by atoms with Crippen LogP contribution in [0.4, 0.5) is 4.39 Å². The Balaban J connectivity index is 0.00000225. The molecule has 4 heteroatoms. The summed E-state index contributed by atoms with van der Waals surface area (Å²) in [6.45, 7) is 2.14. The van der Waals surface area contributed by atoms with Crippen molar-refractivity contribution in [2.24, 2.45) is 5.73 Å². The first-order valence-electron chi connectivity index (χ1n) is 5.35. The Morgan fingerprint density at radius 3 is 2.62 bits per heavy atom. The lowest BCUT2D eigenvalue weighted by Gasteiger charge is -2.12. The van der Waals surface area contributed by atoms with Crippen molar-refractivity contribution in [1.29, 1.82) is 0 Å². The van der Waals surface area contributed by atoms with Crippen molar-refractivity contribution in [3.63, 3.8) is 0 Å². The van der Waals surface area contributed by atoms with Crippen LogP contribution in [0.5, 0.6) is 0 Å². The number of hydrogen-bond donors (Lipinski definition) is 1. The van der Waals surface area contributed by atoms with Crippen molar-refractivity contribution >= 4 is 28.3 Å². The summed E-state index contributed by atoms with van der Waals surface area (Å²) in [5, 5.41) is 0. The van der Waals surface area contributed by atoms with Gasteiger partial charge in [0.15, 0.2) is 0 Å². The number of benzene rings is 1.